The summed E-state index contributed by atoms with van der Waals surface area (Å²) >= 11 is 0. The van der Waals surface area contributed by atoms with E-state index in [9.17, 15) is 9.90 Å². The highest BCUT2D eigenvalue weighted by Crippen LogP contribution is 2.46. The number of aliphatic imine (C=N–C) groups is 3. The maximum absolute atomic E-state index is 12.1. The van der Waals surface area contributed by atoms with Gasteiger partial charge < -0.3 is 15.2 Å². The van der Waals surface area contributed by atoms with Gasteiger partial charge in [-0.2, -0.15) is 0 Å². The number of hydrogen-bond donors (Lipinski definition) is 2. The molecule has 0 aromatic carbocycles. The summed E-state index contributed by atoms with van der Waals surface area (Å²) < 4.78 is 4.98. The monoisotopic (exact) mass is 536 g/mol. The molecule has 0 radical (unpaired) electrons. The molecule has 0 unspecified atom stereocenters. The molecular formula is C33H36N4O3. The predicted octanol–water partition coefficient (Wildman–Crippen LogP) is 6.63. The van der Waals surface area contributed by atoms with Gasteiger partial charge in [0.1, 0.15) is 0 Å². The number of nitrogens with zero attached hydrogens (tertiary/aromatic N) is 3. The molecule has 7 heteroatoms. The van der Waals surface area contributed by atoms with E-state index in [0.717, 1.165) is 76.6 Å². The van der Waals surface area contributed by atoms with Crippen LogP contribution >= 0.6 is 0 Å². The third-order valence-corrected chi connectivity index (χ3v) is 9.24. The summed E-state index contributed by atoms with van der Waals surface area (Å²) in [5.74, 6) is 0.0796. The molecule has 8 bridgehead atoms. The molecule has 0 amide bonds. The van der Waals surface area contributed by atoms with Gasteiger partial charge in [-0.3, -0.25) is 4.79 Å². The van der Waals surface area contributed by atoms with Gasteiger partial charge in [-0.15, -0.1) is 0 Å². The van der Waals surface area contributed by atoms with Crippen molar-refractivity contribution < 1.29 is 14.6 Å². The van der Waals surface area contributed by atoms with E-state index in [1.54, 1.807) is 0 Å². The number of fused-ring (bicyclic) bond motifs is 5. The normalized spacial score (nSPS) is 26.3. The third-order valence-electron chi connectivity index (χ3n) is 9.24. The smallest absolute Gasteiger partial charge is 0.305 e. The van der Waals surface area contributed by atoms with Crippen molar-refractivity contribution in [3.05, 3.63) is 92.0 Å². The summed E-state index contributed by atoms with van der Waals surface area (Å²) in [5, 5.41) is 14.0. The quantitative estimate of drug-likeness (QED) is 0.311. The van der Waals surface area contributed by atoms with Gasteiger partial charge in [0.15, 0.2) is 0 Å². The van der Waals surface area contributed by atoms with Gasteiger partial charge in [-0.25, -0.2) is 15.0 Å². The first kappa shape index (κ1) is 26.2. The highest BCUT2D eigenvalue weighted by atomic mass is 16.5. The zero-order valence-corrected chi connectivity index (χ0v) is 24.1. The van der Waals surface area contributed by atoms with Gasteiger partial charge in [0.25, 0.3) is 0 Å². The number of carbonyl (C=O) groups excluding carboxylic acids is 1. The van der Waals surface area contributed by atoms with Gasteiger partial charge in [-0.05, 0) is 98.1 Å². The minimum atomic E-state index is -0.195. The van der Waals surface area contributed by atoms with E-state index in [4.69, 9.17) is 19.7 Å². The molecule has 0 aromatic heterocycles. The van der Waals surface area contributed by atoms with Crippen molar-refractivity contribution in [1.29, 1.82) is 0 Å². The molecule has 2 fully saturated rings. The van der Waals surface area contributed by atoms with Crippen LogP contribution in [0.4, 0.5) is 0 Å². The van der Waals surface area contributed by atoms with E-state index in [1.807, 2.05) is 13.0 Å². The van der Waals surface area contributed by atoms with Crippen LogP contribution in [-0.4, -0.2) is 35.3 Å². The van der Waals surface area contributed by atoms with Crippen LogP contribution in [0.2, 0.25) is 0 Å². The van der Waals surface area contributed by atoms with Crippen LogP contribution in [0.25, 0.3) is 0 Å². The lowest BCUT2D eigenvalue weighted by Gasteiger charge is -2.17. The van der Waals surface area contributed by atoms with Crippen molar-refractivity contribution in [1.82, 2.24) is 5.32 Å². The van der Waals surface area contributed by atoms with Crippen LogP contribution in [0.15, 0.2) is 107 Å². The molecule has 0 spiro atoms. The first-order valence-electron chi connectivity index (χ1n) is 14.2. The molecule has 2 N–H and O–H groups in total. The largest absolute Gasteiger partial charge is 0.515 e. The summed E-state index contributed by atoms with van der Waals surface area (Å²) in [6.45, 7) is 10.6. The molecule has 0 aromatic rings. The standard InChI is InChI=1S/C33H36N4O3/c1-7-20-16(2)26-13-30-24(15-38)19(5)25(35-30)12-27-18(4)22(10-11-31(39)40-6)33(36-27)23-9-8-21-17(3)28(37-32(21)23)14-29(20)34-26/h12-15,18,22,36,38H,7-11H2,1-6H3/b24-15+,26-13?,27-12?,28-14?,33-23?/t18-,22-/m0/s1. The number of hydrogen-bond acceptors (Lipinski definition) is 7. The molecule has 206 valence electrons. The molecule has 1 saturated carbocycles. The van der Waals surface area contributed by atoms with E-state index in [-0.39, 0.29) is 17.8 Å². The Hall–Kier alpha value is -4.00. The average molecular weight is 537 g/mol. The van der Waals surface area contributed by atoms with Crippen molar-refractivity contribution in [3.8, 4) is 0 Å². The van der Waals surface area contributed by atoms with Crippen LogP contribution < -0.4 is 5.32 Å². The predicted molar refractivity (Wildman–Crippen MR) is 159 cm³/mol. The highest BCUT2D eigenvalue weighted by molar-refractivity contribution is 6.20. The lowest BCUT2D eigenvalue weighted by atomic mass is 9.86. The maximum atomic E-state index is 12.1. The zero-order chi connectivity index (χ0) is 28.3. The Balaban J connectivity index is 1.58. The van der Waals surface area contributed by atoms with Crippen LogP contribution in [0.3, 0.4) is 0 Å². The van der Waals surface area contributed by atoms with Crippen LogP contribution in [-0.2, 0) is 9.53 Å². The topological polar surface area (TPSA) is 95.6 Å². The molecule has 6 rings (SSSR count). The number of allylic oxidation sites excluding steroid dienone is 12. The Morgan fingerprint density at radius 1 is 1.02 bits per heavy atom. The number of nitrogens with one attached hydrogen (secondary N) is 1. The highest BCUT2D eigenvalue weighted by Gasteiger charge is 2.40. The average Bonchev–Trinajstić information content (AvgIpc) is 3.70. The zero-order valence-electron chi connectivity index (χ0n) is 24.1. The number of aliphatic hydroxyl groups excluding tert-OH is 1. The molecule has 5 heterocycles. The van der Waals surface area contributed by atoms with E-state index in [2.05, 4.69) is 45.2 Å². The van der Waals surface area contributed by atoms with Crippen molar-refractivity contribution in [2.75, 3.05) is 7.11 Å². The van der Waals surface area contributed by atoms with E-state index in [0.29, 0.717) is 24.1 Å². The first-order valence-corrected chi connectivity index (χ1v) is 14.2. The van der Waals surface area contributed by atoms with Gasteiger partial charge in [0.05, 0.1) is 47.6 Å². The van der Waals surface area contributed by atoms with Crippen LogP contribution in [0.1, 0.15) is 66.7 Å². The Bertz CT molecular complexity index is 1600. The SMILES string of the molecule is CCC1=C(C)C2=CC3=NC(=C(C)/C3=C\O)C=C3NC(=C4CCC5=C(C)C(=CC1=N2)N=C54)[C@@H](CCC(=O)OC)[C@@H]3C. The Labute approximate surface area is 235 Å². The summed E-state index contributed by atoms with van der Waals surface area (Å²) in [5.41, 5.74) is 15.3. The number of rotatable bonds is 4. The summed E-state index contributed by atoms with van der Waals surface area (Å²) in [4.78, 5) is 27.3. The van der Waals surface area contributed by atoms with E-state index < -0.39 is 0 Å². The van der Waals surface area contributed by atoms with Crippen molar-refractivity contribution in [2.24, 2.45) is 26.8 Å². The fraction of sp³-hybridized carbons (Fsp3) is 0.394. The molecule has 5 aliphatic heterocycles. The Morgan fingerprint density at radius 2 is 1.75 bits per heavy atom. The fourth-order valence-corrected chi connectivity index (χ4v) is 6.75. The van der Waals surface area contributed by atoms with Crippen LogP contribution in [0, 0.1) is 11.8 Å². The van der Waals surface area contributed by atoms with Gasteiger partial charge in [0, 0.05) is 35.2 Å². The second-order valence-corrected chi connectivity index (χ2v) is 11.3. The van der Waals surface area contributed by atoms with Crippen molar-refractivity contribution in [2.45, 2.75) is 66.7 Å². The molecule has 2 atom stereocenters. The Morgan fingerprint density at radius 3 is 2.48 bits per heavy atom. The molecule has 1 aliphatic carbocycles. The first-order chi connectivity index (χ1) is 19.2. The summed E-state index contributed by atoms with van der Waals surface area (Å²) in [6.07, 6.45) is 11.1. The number of esters is 1. The second-order valence-electron chi connectivity index (χ2n) is 11.3. The number of carbonyl (C=O) groups is 1. The summed E-state index contributed by atoms with van der Waals surface area (Å²) in [6, 6.07) is 0. The van der Waals surface area contributed by atoms with Crippen molar-refractivity contribution in [3.63, 3.8) is 0 Å². The lowest BCUT2D eigenvalue weighted by molar-refractivity contribution is -0.140. The number of methoxy groups -OCH3 is 1. The molecule has 1 saturated heterocycles. The van der Waals surface area contributed by atoms with Gasteiger partial charge >= 0.3 is 5.97 Å². The third kappa shape index (κ3) is 4.02. The maximum Gasteiger partial charge on any atom is 0.305 e. The number of ether oxygens (including phenoxy) is 1. The molecule has 6 aliphatic rings. The van der Waals surface area contributed by atoms with E-state index in [1.165, 1.54) is 29.4 Å². The van der Waals surface area contributed by atoms with Gasteiger partial charge in [-0.1, -0.05) is 13.8 Å². The molecule has 7 nitrogen and oxygen atoms in total. The lowest BCUT2D eigenvalue weighted by Crippen LogP contribution is -2.15. The van der Waals surface area contributed by atoms with Crippen molar-refractivity contribution >= 4 is 23.1 Å². The van der Waals surface area contributed by atoms with E-state index >= 15 is 0 Å². The number of aliphatic hydroxyl groups is 1. The summed E-state index contributed by atoms with van der Waals surface area (Å²) in [7, 11) is 1.44. The van der Waals surface area contributed by atoms with Gasteiger partial charge in [0.2, 0.25) is 0 Å². The molecular weight excluding hydrogens is 500 g/mol. The molecule has 40 heavy (non-hydrogen) atoms. The fourth-order valence-electron chi connectivity index (χ4n) is 6.75. The second kappa shape index (κ2) is 9.88. The minimum Gasteiger partial charge on any atom is -0.515 e. The Kier molecular flexibility index (Phi) is 6.48. The van der Waals surface area contributed by atoms with Crippen LogP contribution in [0.5, 0.6) is 0 Å². The minimum absolute atomic E-state index is 0.129.